The van der Waals surface area contributed by atoms with Gasteiger partial charge in [-0.05, 0) is 30.5 Å². The summed E-state index contributed by atoms with van der Waals surface area (Å²) in [5.41, 5.74) is 2.24. The molecule has 1 unspecified atom stereocenters. The number of imidazole rings is 1. The summed E-state index contributed by atoms with van der Waals surface area (Å²) < 4.78 is 2.16. The van der Waals surface area contributed by atoms with Crippen molar-refractivity contribution in [1.82, 2.24) is 14.9 Å². The topological polar surface area (TPSA) is 29.9 Å². The van der Waals surface area contributed by atoms with Crippen molar-refractivity contribution < 1.29 is 0 Å². The summed E-state index contributed by atoms with van der Waals surface area (Å²) >= 11 is 1.79. The molecule has 98 valence electrons. The average Bonchev–Trinajstić information content (AvgIpc) is 3.05. The number of aromatic nitrogens is 2. The zero-order valence-electron chi connectivity index (χ0n) is 11.1. The zero-order valence-corrected chi connectivity index (χ0v) is 11.9. The van der Waals surface area contributed by atoms with Crippen molar-refractivity contribution in [3.05, 3.63) is 52.5 Å². The number of fused-ring (bicyclic) bond motifs is 1. The molecule has 3 aromatic rings. The van der Waals surface area contributed by atoms with E-state index in [9.17, 15) is 0 Å². The van der Waals surface area contributed by atoms with Gasteiger partial charge in [-0.3, -0.25) is 0 Å². The highest BCUT2D eigenvalue weighted by Crippen LogP contribution is 2.19. The number of nitrogens with one attached hydrogen (secondary N) is 1. The maximum Gasteiger partial charge on any atom is 0.123 e. The highest BCUT2D eigenvalue weighted by molar-refractivity contribution is 7.10. The Morgan fingerprint density at radius 2 is 2.11 bits per heavy atom. The van der Waals surface area contributed by atoms with E-state index in [-0.39, 0.29) is 0 Å². The highest BCUT2D eigenvalue weighted by atomic mass is 32.1. The van der Waals surface area contributed by atoms with Crippen molar-refractivity contribution in [2.75, 3.05) is 0 Å². The normalized spacial score (nSPS) is 12.9. The summed E-state index contributed by atoms with van der Waals surface area (Å²) in [7, 11) is 2.07. The summed E-state index contributed by atoms with van der Waals surface area (Å²) in [6.45, 7) is 2.97. The molecule has 4 heteroatoms. The molecule has 0 aliphatic carbocycles. The van der Waals surface area contributed by atoms with E-state index in [2.05, 4.69) is 64.6 Å². The molecule has 0 aliphatic rings. The Bertz CT molecular complexity index is 670. The molecule has 0 fully saturated rings. The fraction of sp³-hybridized carbons (Fsp3) is 0.267. The predicted molar refractivity (Wildman–Crippen MR) is 80.3 cm³/mol. The van der Waals surface area contributed by atoms with Gasteiger partial charge in [0.05, 0.1) is 17.6 Å². The average molecular weight is 271 g/mol. The van der Waals surface area contributed by atoms with Crippen LogP contribution in [0.2, 0.25) is 0 Å². The summed E-state index contributed by atoms with van der Waals surface area (Å²) in [5.74, 6) is 1.07. The number of para-hydroxylation sites is 2. The van der Waals surface area contributed by atoms with Crippen LogP contribution in [0.1, 0.15) is 23.7 Å². The van der Waals surface area contributed by atoms with Crippen molar-refractivity contribution in [3.63, 3.8) is 0 Å². The number of hydrogen-bond acceptors (Lipinski definition) is 3. The van der Waals surface area contributed by atoms with Crippen LogP contribution in [0.3, 0.4) is 0 Å². The highest BCUT2D eigenvalue weighted by Gasteiger charge is 2.10. The Morgan fingerprint density at radius 3 is 2.84 bits per heavy atom. The quantitative estimate of drug-likeness (QED) is 0.787. The fourth-order valence-electron chi connectivity index (χ4n) is 2.24. The van der Waals surface area contributed by atoms with Gasteiger partial charge in [0.15, 0.2) is 0 Å². The van der Waals surface area contributed by atoms with Gasteiger partial charge >= 0.3 is 0 Å². The lowest BCUT2D eigenvalue weighted by Gasteiger charge is -2.11. The van der Waals surface area contributed by atoms with E-state index in [1.165, 1.54) is 10.4 Å². The molecule has 0 saturated heterocycles. The Hall–Kier alpha value is -1.65. The first-order valence-electron chi connectivity index (χ1n) is 6.43. The van der Waals surface area contributed by atoms with Gasteiger partial charge in [-0.15, -0.1) is 11.3 Å². The van der Waals surface area contributed by atoms with Gasteiger partial charge in [-0.25, -0.2) is 4.98 Å². The Balaban J connectivity index is 1.77. The summed E-state index contributed by atoms with van der Waals surface area (Å²) in [5, 5.41) is 5.64. The van der Waals surface area contributed by atoms with E-state index >= 15 is 0 Å². The lowest BCUT2D eigenvalue weighted by Crippen LogP contribution is -2.19. The first kappa shape index (κ1) is 12.4. The van der Waals surface area contributed by atoms with E-state index in [1.807, 2.05) is 6.07 Å². The van der Waals surface area contributed by atoms with Gasteiger partial charge in [0.25, 0.3) is 0 Å². The molecular weight excluding hydrogens is 254 g/mol. The number of aryl methyl sites for hydroxylation is 1. The molecule has 3 nitrogen and oxygen atoms in total. The minimum absolute atomic E-state index is 0.361. The van der Waals surface area contributed by atoms with Crippen molar-refractivity contribution in [3.8, 4) is 0 Å². The van der Waals surface area contributed by atoms with Crippen LogP contribution in [0.15, 0.2) is 41.8 Å². The van der Waals surface area contributed by atoms with Gasteiger partial charge in [0.1, 0.15) is 5.82 Å². The number of benzene rings is 1. The third kappa shape index (κ3) is 2.41. The molecule has 0 amide bonds. The van der Waals surface area contributed by atoms with Crippen LogP contribution >= 0.6 is 11.3 Å². The van der Waals surface area contributed by atoms with E-state index in [1.54, 1.807) is 11.3 Å². The SMILES string of the molecule is CC(NCc1nc2ccccc2n1C)c1cccs1. The Labute approximate surface area is 116 Å². The molecule has 1 aromatic carbocycles. The van der Waals surface area contributed by atoms with Gasteiger partial charge in [0.2, 0.25) is 0 Å². The number of thiophene rings is 1. The molecular formula is C15H17N3S. The molecule has 2 heterocycles. The van der Waals surface area contributed by atoms with Crippen LogP contribution in [0, 0.1) is 0 Å². The minimum atomic E-state index is 0.361. The second-order valence-electron chi connectivity index (χ2n) is 4.69. The molecule has 3 rings (SSSR count). The van der Waals surface area contributed by atoms with Crippen LogP contribution in [0.4, 0.5) is 0 Å². The van der Waals surface area contributed by atoms with Crippen molar-refractivity contribution in [2.45, 2.75) is 19.5 Å². The molecule has 0 spiro atoms. The molecule has 2 aromatic heterocycles. The van der Waals surface area contributed by atoms with Crippen molar-refractivity contribution in [2.24, 2.45) is 7.05 Å². The number of nitrogens with zero attached hydrogens (tertiary/aromatic N) is 2. The first-order valence-corrected chi connectivity index (χ1v) is 7.31. The summed E-state index contributed by atoms with van der Waals surface area (Å²) in [6.07, 6.45) is 0. The smallest absolute Gasteiger partial charge is 0.123 e. The summed E-state index contributed by atoms with van der Waals surface area (Å²) in [4.78, 5) is 6.03. The summed E-state index contributed by atoms with van der Waals surface area (Å²) in [6, 6.07) is 12.9. The molecule has 0 radical (unpaired) electrons. The standard InChI is InChI=1S/C15H17N3S/c1-11(14-8-5-9-19-14)16-10-15-17-12-6-3-4-7-13(12)18(15)2/h3-9,11,16H,10H2,1-2H3. The third-order valence-corrected chi connectivity index (χ3v) is 4.47. The predicted octanol–water partition coefficient (Wildman–Crippen LogP) is 3.49. The number of rotatable bonds is 4. The van der Waals surface area contributed by atoms with E-state index < -0.39 is 0 Å². The van der Waals surface area contributed by atoms with Crippen LogP contribution in [0.25, 0.3) is 11.0 Å². The first-order chi connectivity index (χ1) is 9.25. The monoisotopic (exact) mass is 271 g/mol. The van der Waals surface area contributed by atoms with Crippen LogP contribution in [0.5, 0.6) is 0 Å². The van der Waals surface area contributed by atoms with Gasteiger partial charge in [0, 0.05) is 18.0 Å². The lowest BCUT2D eigenvalue weighted by molar-refractivity contribution is 0.558. The van der Waals surface area contributed by atoms with Crippen LogP contribution in [-0.2, 0) is 13.6 Å². The van der Waals surface area contributed by atoms with Crippen molar-refractivity contribution in [1.29, 1.82) is 0 Å². The second kappa shape index (κ2) is 5.15. The second-order valence-corrected chi connectivity index (χ2v) is 5.67. The van der Waals surface area contributed by atoms with Gasteiger partial charge in [-0.1, -0.05) is 18.2 Å². The van der Waals surface area contributed by atoms with Gasteiger partial charge in [-0.2, -0.15) is 0 Å². The largest absolute Gasteiger partial charge is 0.330 e. The van der Waals surface area contributed by atoms with E-state index in [0.29, 0.717) is 6.04 Å². The van der Waals surface area contributed by atoms with E-state index in [4.69, 9.17) is 0 Å². The zero-order chi connectivity index (χ0) is 13.2. The third-order valence-electron chi connectivity index (χ3n) is 3.42. The Kier molecular flexibility index (Phi) is 3.36. The van der Waals surface area contributed by atoms with Gasteiger partial charge < -0.3 is 9.88 Å². The molecule has 19 heavy (non-hydrogen) atoms. The molecule has 0 bridgehead atoms. The molecule has 1 N–H and O–H groups in total. The van der Waals surface area contributed by atoms with Crippen LogP contribution in [-0.4, -0.2) is 9.55 Å². The minimum Gasteiger partial charge on any atom is -0.330 e. The molecule has 0 aliphatic heterocycles. The maximum atomic E-state index is 4.67. The molecule has 0 saturated carbocycles. The maximum absolute atomic E-state index is 4.67. The molecule has 1 atom stereocenters. The van der Waals surface area contributed by atoms with Crippen molar-refractivity contribution >= 4 is 22.4 Å². The number of hydrogen-bond donors (Lipinski definition) is 1. The Morgan fingerprint density at radius 1 is 1.26 bits per heavy atom. The van der Waals surface area contributed by atoms with Crippen LogP contribution < -0.4 is 5.32 Å². The van der Waals surface area contributed by atoms with E-state index in [0.717, 1.165) is 17.9 Å². The lowest BCUT2D eigenvalue weighted by atomic mass is 10.3. The fourth-order valence-corrected chi connectivity index (χ4v) is 3.00.